The van der Waals surface area contributed by atoms with Crippen molar-refractivity contribution in [2.24, 2.45) is 0 Å². The van der Waals surface area contributed by atoms with Crippen LogP contribution in [-0.4, -0.2) is 15.6 Å². The van der Waals surface area contributed by atoms with Gasteiger partial charge >= 0.3 is 6.01 Å². The van der Waals surface area contributed by atoms with Gasteiger partial charge in [0.1, 0.15) is 29.0 Å². The summed E-state index contributed by atoms with van der Waals surface area (Å²) >= 11 is 0. The number of fused-ring (bicyclic) bond motifs is 4. The first-order chi connectivity index (χ1) is 36.7. The van der Waals surface area contributed by atoms with Gasteiger partial charge in [0.2, 0.25) is 11.4 Å². The van der Waals surface area contributed by atoms with Crippen LogP contribution in [0.2, 0.25) is 0 Å². The lowest BCUT2D eigenvalue weighted by Crippen LogP contribution is -2.13. The first kappa shape index (κ1) is 50.9. The second-order valence-corrected chi connectivity index (χ2v) is 23.6. The molecule has 0 fully saturated rings. The molecule has 0 bridgehead atoms. The molecular formula is C70H66F2N4O+2. The van der Waals surface area contributed by atoms with Crippen LogP contribution in [0, 0.1) is 25.5 Å². The fourth-order valence-corrected chi connectivity index (χ4v) is 11.0. The van der Waals surface area contributed by atoms with Crippen molar-refractivity contribution < 1.29 is 13.5 Å². The molecule has 0 atom stereocenters. The summed E-state index contributed by atoms with van der Waals surface area (Å²) < 4.78 is 44.7. The summed E-state index contributed by atoms with van der Waals surface area (Å²) in [5.41, 5.74) is 17.2. The summed E-state index contributed by atoms with van der Waals surface area (Å²) in [5, 5.41) is 2.24. The number of benzene rings is 8. The molecule has 5 nitrogen and oxygen atoms in total. The van der Waals surface area contributed by atoms with E-state index >= 15 is 8.78 Å². The highest BCUT2D eigenvalue weighted by Gasteiger charge is 2.41. The van der Waals surface area contributed by atoms with Gasteiger partial charge in [0.15, 0.2) is 0 Å². The molecule has 0 amide bonds. The van der Waals surface area contributed by atoms with Gasteiger partial charge in [-0.25, -0.2) is 13.8 Å². The van der Waals surface area contributed by atoms with Crippen LogP contribution in [0.3, 0.4) is 0 Å². The van der Waals surface area contributed by atoms with Crippen molar-refractivity contribution in [1.82, 2.24) is 18.7 Å². The lowest BCUT2D eigenvalue weighted by Gasteiger charge is -2.23. The van der Waals surface area contributed by atoms with E-state index in [2.05, 4.69) is 230 Å². The summed E-state index contributed by atoms with van der Waals surface area (Å²) in [5.74, 6) is 1.40. The number of aryl methyl sites for hydroxylation is 2. The Morgan fingerprint density at radius 3 is 1.75 bits per heavy atom. The zero-order valence-electron chi connectivity index (χ0n) is 46.3. The quantitative estimate of drug-likeness (QED) is 0.128. The fourth-order valence-electron chi connectivity index (χ4n) is 11.0. The van der Waals surface area contributed by atoms with Crippen molar-refractivity contribution in [1.29, 1.82) is 0 Å². The summed E-state index contributed by atoms with van der Waals surface area (Å²) in [7, 11) is 0. The molecule has 0 saturated carbocycles. The van der Waals surface area contributed by atoms with Crippen LogP contribution in [0.1, 0.15) is 114 Å². The molecular weight excluding hydrogens is 951 g/mol. The molecule has 1 aliphatic heterocycles. The van der Waals surface area contributed by atoms with Crippen LogP contribution in [0.4, 0.5) is 31.5 Å². The highest BCUT2D eigenvalue weighted by molar-refractivity contribution is 6.09. The number of rotatable bonds is 10. The first-order valence-corrected chi connectivity index (χ1v) is 26.9. The van der Waals surface area contributed by atoms with Crippen molar-refractivity contribution in [2.75, 3.05) is 0 Å². The Bertz CT molecular complexity index is 4010. The molecule has 0 spiro atoms. The zero-order valence-corrected chi connectivity index (χ0v) is 46.3. The van der Waals surface area contributed by atoms with Crippen molar-refractivity contribution in [2.45, 2.75) is 106 Å². The molecule has 1 aliphatic rings. The first-order valence-electron chi connectivity index (χ1n) is 26.9. The SMILES string of the molecule is Cc1cccc(C)c1-c1cc(Oc2ccc3c4ccccc4n(-c4cc(C(C)(C)C)ccn4)c3c2)cc([N+]2=C=[N+](c3c(-c4cc(F)cc(F)c4)cc(C(C)(C)C)cc3-c3cc(C(C)C)cc(C(C)C)c3)c3ccccc32)c1. The van der Waals surface area contributed by atoms with Gasteiger partial charge in [-0.2, -0.15) is 0 Å². The minimum Gasteiger partial charge on any atom is -0.457 e. The molecule has 11 rings (SSSR count). The van der Waals surface area contributed by atoms with Crippen molar-refractivity contribution in [3.63, 3.8) is 0 Å². The average Bonchev–Trinajstić information content (AvgIpc) is 4.11. The lowest BCUT2D eigenvalue weighted by molar-refractivity contribution is 0.483. The summed E-state index contributed by atoms with van der Waals surface area (Å²) in [4.78, 5) is 4.93. The maximum atomic E-state index is 15.6. The van der Waals surface area contributed by atoms with Gasteiger partial charge in [-0.15, -0.1) is 0 Å². The monoisotopic (exact) mass is 1020 g/mol. The molecule has 0 radical (unpaired) electrons. The Kier molecular flexibility index (Phi) is 12.8. The molecule has 2 aromatic heterocycles. The maximum Gasteiger partial charge on any atom is 0.503 e. The maximum absolute atomic E-state index is 15.6. The topological polar surface area (TPSA) is 33.1 Å². The van der Waals surface area contributed by atoms with Crippen LogP contribution in [0.15, 0.2) is 170 Å². The number of pyridine rings is 1. The molecule has 77 heavy (non-hydrogen) atoms. The number of para-hydroxylation sites is 3. The lowest BCUT2D eigenvalue weighted by atomic mass is 9.81. The van der Waals surface area contributed by atoms with E-state index in [0.29, 0.717) is 22.6 Å². The van der Waals surface area contributed by atoms with E-state index in [9.17, 15) is 0 Å². The van der Waals surface area contributed by atoms with Crippen LogP contribution in [0.5, 0.6) is 11.5 Å². The molecule has 8 aromatic carbocycles. The standard InChI is InChI=1S/C70H66F2N4O/c1-42(2)46-28-47(43(3)4)30-48(29-46)60-35-52(70(10,11)12)36-61(49-31-53(71)38-54(72)32-49)68(60)75-41-74(63-22-15-16-23-64(63)75)55-33-50(67-44(5)18-17-19-45(67)6)34-57(39-55)77-56-24-25-59-58-20-13-14-21-62(58)76(65(59)40-56)66-37-51(26-27-73-66)69(7,8)9/h13-40,42-43H,1-12H3/q+2. The smallest absolute Gasteiger partial charge is 0.457 e. The normalized spacial score (nSPS) is 12.7. The predicted molar refractivity (Wildman–Crippen MR) is 317 cm³/mol. The van der Waals surface area contributed by atoms with Gasteiger partial charge in [0, 0.05) is 47.3 Å². The van der Waals surface area contributed by atoms with E-state index in [1.807, 2.05) is 24.4 Å². The minimum absolute atomic E-state index is 0.0657. The Hall–Kier alpha value is -8.25. The second-order valence-electron chi connectivity index (χ2n) is 23.6. The van der Waals surface area contributed by atoms with Gasteiger partial charge in [-0.05, 0) is 162 Å². The number of halogens is 2. The molecule has 0 saturated heterocycles. The van der Waals surface area contributed by atoms with Crippen LogP contribution >= 0.6 is 0 Å². The van der Waals surface area contributed by atoms with E-state index in [-0.39, 0.29) is 22.7 Å². The Morgan fingerprint density at radius 1 is 0.519 bits per heavy atom. The highest BCUT2D eigenvalue weighted by atomic mass is 19.1. The van der Waals surface area contributed by atoms with Crippen LogP contribution in [0.25, 0.3) is 61.0 Å². The van der Waals surface area contributed by atoms with Gasteiger partial charge in [-0.1, -0.05) is 136 Å². The Labute approximate surface area is 452 Å². The van der Waals surface area contributed by atoms with E-state index in [1.165, 1.54) is 28.8 Å². The highest BCUT2D eigenvalue weighted by Crippen LogP contribution is 2.49. The van der Waals surface area contributed by atoms with E-state index in [1.54, 1.807) is 0 Å². The molecule has 384 valence electrons. The van der Waals surface area contributed by atoms with Crippen molar-refractivity contribution >= 4 is 50.6 Å². The third kappa shape index (κ3) is 9.59. The number of ether oxygens (including phenoxy) is 1. The fraction of sp³-hybridized carbons (Fsp3) is 0.229. The average molecular weight is 1020 g/mol. The van der Waals surface area contributed by atoms with Gasteiger partial charge in [-0.3, -0.25) is 4.57 Å². The number of hydrogen-bond acceptors (Lipinski definition) is 2. The molecule has 10 aromatic rings. The summed E-state index contributed by atoms with van der Waals surface area (Å²) in [6.07, 6.45) is 1.90. The predicted octanol–water partition coefficient (Wildman–Crippen LogP) is 19.6. The van der Waals surface area contributed by atoms with Crippen molar-refractivity contribution in [3.05, 3.63) is 215 Å². The number of aromatic nitrogens is 2. The van der Waals surface area contributed by atoms with Gasteiger partial charge in [0.25, 0.3) is 11.4 Å². The van der Waals surface area contributed by atoms with Gasteiger partial charge in [0.05, 0.1) is 28.2 Å². The van der Waals surface area contributed by atoms with E-state index < -0.39 is 11.6 Å². The number of nitrogens with zero attached hydrogens (tertiary/aromatic N) is 4. The third-order valence-electron chi connectivity index (χ3n) is 15.2. The molecule has 3 heterocycles. The Morgan fingerprint density at radius 2 is 1.12 bits per heavy atom. The van der Waals surface area contributed by atoms with Crippen LogP contribution in [-0.2, 0) is 10.8 Å². The molecule has 0 N–H and O–H groups in total. The minimum atomic E-state index is -0.642. The largest absolute Gasteiger partial charge is 0.503 e. The third-order valence-corrected chi connectivity index (χ3v) is 15.2. The van der Waals surface area contributed by atoms with Crippen molar-refractivity contribution in [3.8, 4) is 50.7 Å². The molecule has 7 heteroatoms. The number of hydrogen-bond donors (Lipinski definition) is 0. The Balaban J connectivity index is 1.17. The molecule has 0 unspecified atom stereocenters. The molecule has 0 aliphatic carbocycles. The van der Waals surface area contributed by atoms with Gasteiger partial charge < -0.3 is 4.74 Å². The van der Waals surface area contributed by atoms with E-state index in [4.69, 9.17) is 9.72 Å². The summed E-state index contributed by atoms with van der Waals surface area (Å²) in [6.45, 7) is 26.4. The van der Waals surface area contributed by atoms with E-state index in [0.717, 1.165) is 95.4 Å². The zero-order chi connectivity index (χ0) is 54.2. The summed E-state index contributed by atoms with van der Waals surface area (Å²) in [6, 6.07) is 59.1. The van der Waals surface area contributed by atoms with Crippen LogP contribution < -0.4 is 13.9 Å². The second kappa shape index (κ2) is 19.4.